The summed E-state index contributed by atoms with van der Waals surface area (Å²) in [7, 11) is 0. The quantitative estimate of drug-likeness (QED) is 0.714. The van der Waals surface area contributed by atoms with Crippen LogP contribution in [0.15, 0.2) is 35.2 Å². The molecule has 0 aliphatic rings. The van der Waals surface area contributed by atoms with Crippen LogP contribution >= 0.6 is 11.8 Å². The topological polar surface area (TPSA) is 57.5 Å². The second kappa shape index (κ2) is 4.89. The first-order valence-corrected chi connectivity index (χ1v) is 4.77. The largest absolute Gasteiger partial charge is 0.479 e. The molecular formula is C9H10O3S. The number of carbonyl (C=O) groups is 1. The highest BCUT2D eigenvalue weighted by Gasteiger charge is 2.12. The predicted molar refractivity (Wildman–Crippen MR) is 50.8 cm³/mol. The zero-order chi connectivity index (χ0) is 9.68. The fraction of sp³-hybridized carbons (Fsp3) is 0.222. The van der Waals surface area contributed by atoms with Crippen LogP contribution in [0, 0.1) is 0 Å². The van der Waals surface area contributed by atoms with Crippen LogP contribution in [-0.4, -0.2) is 28.0 Å². The maximum Gasteiger partial charge on any atom is 0.333 e. The number of hydrogen-bond acceptors (Lipinski definition) is 3. The number of hydrogen-bond donors (Lipinski definition) is 2. The summed E-state index contributed by atoms with van der Waals surface area (Å²) in [5.41, 5.74) is 0. The van der Waals surface area contributed by atoms with Gasteiger partial charge in [-0.2, -0.15) is 0 Å². The van der Waals surface area contributed by atoms with Gasteiger partial charge in [0.1, 0.15) is 0 Å². The van der Waals surface area contributed by atoms with Crippen molar-refractivity contribution in [2.75, 3.05) is 5.75 Å². The van der Waals surface area contributed by atoms with Crippen molar-refractivity contribution >= 4 is 17.7 Å². The van der Waals surface area contributed by atoms with Gasteiger partial charge >= 0.3 is 5.97 Å². The van der Waals surface area contributed by atoms with E-state index >= 15 is 0 Å². The van der Waals surface area contributed by atoms with Crippen LogP contribution < -0.4 is 0 Å². The standard InChI is InChI=1S/C9H10O3S/c10-8(9(11)12)6-13-7-4-2-1-3-5-7/h1-5,8,10H,6H2,(H,11,12)/t8-/m0/s1. The first-order chi connectivity index (χ1) is 6.20. The van der Waals surface area contributed by atoms with E-state index in [4.69, 9.17) is 10.2 Å². The SMILES string of the molecule is O=C(O)[C@@H](O)CSc1ccccc1. The number of aliphatic hydroxyl groups is 1. The molecule has 1 atom stereocenters. The zero-order valence-corrected chi connectivity index (χ0v) is 7.70. The molecule has 1 rings (SSSR count). The van der Waals surface area contributed by atoms with Gasteiger partial charge in [-0.25, -0.2) is 4.79 Å². The van der Waals surface area contributed by atoms with Gasteiger partial charge in [0.15, 0.2) is 6.10 Å². The third-order valence-electron chi connectivity index (χ3n) is 1.44. The maximum atomic E-state index is 10.3. The normalized spacial score (nSPS) is 12.4. The predicted octanol–water partition coefficient (Wildman–Crippen LogP) is 1.22. The van der Waals surface area contributed by atoms with Gasteiger partial charge in [-0.1, -0.05) is 18.2 Å². The van der Waals surface area contributed by atoms with Crippen LogP contribution in [0.4, 0.5) is 0 Å². The zero-order valence-electron chi connectivity index (χ0n) is 6.88. The summed E-state index contributed by atoms with van der Waals surface area (Å²) in [4.78, 5) is 11.2. The summed E-state index contributed by atoms with van der Waals surface area (Å²) in [6, 6.07) is 9.38. The lowest BCUT2D eigenvalue weighted by molar-refractivity contribution is -0.145. The molecule has 0 bridgehead atoms. The lowest BCUT2D eigenvalue weighted by atomic mass is 10.4. The van der Waals surface area contributed by atoms with Crippen LogP contribution in [0.1, 0.15) is 0 Å². The summed E-state index contributed by atoms with van der Waals surface area (Å²) in [5.74, 6) is -0.997. The third-order valence-corrected chi connectivity index (χ3v) is 2.52. The molecule has 0 radical (unpaired) electrons. The molecule has 0 heterocycles. The molecule has 0 aromatic heterocycles. The van der Waals surface area contributed by atoms with E-state index in [1.165, 1.54) is 11.8 Å². The number of benzene rings is 1. The van der Waals surface area contributed by atoms with Crippen LogP contribution in [0.5, 0.6) is 0 Å². The molecule has 0 aliphatic heterocycles. The number of aliphatic hydroxyl groups excluding tert-OH is 1. The van der Waals surface area contributed by atoms with E-state index in [1.54, 1.807) is 0 Å². The smallest absolute Gasteiger partial charge is 0.333 e. The minimum atomic E-state index is -1.29. The van der Waals surface area contributed by atoms with Crippen molar-refractivity contribution in [3.8, 4) is 0 Å². The van der Waals surface area contributed by atoms with Gasteiger partial charge in [-0.3, -0.25) is 0 Å². The number of rotatable bonds is 4. The highest BCUT2D eigenvalue weighted by Crippen LogP contribution is 2.17. The number of aliphatic carboxylic acids is 1. The average Bonchev–Trinajstić information content (AvgIpc) is 2.15. The monoisotopic (exact) mass is 198 g/mol. The van der Waals surface area contributed by atoms with Crippen LogP contribution in [0.25, 0.3) is 0 Å². The molecule has 0 aliphatic carbocycles. The Morgan fingerprint density at radius 1 is 1.38 bits per heavy atom. The minimum Gasteiger partial charge on any atom is -0.479 e. The Balaban J connectivity index is 2.39. The fourth-order valence-electron chi connectivity index (χ4n) is 0.763. The fourth-order valence-corrected chi connectivity index (χ4v) is 1.61. The second-order valence-corrected chi connectivity index (χ2v) is 3.57. The van der Waals surface area contributed by atoms with E-state index in [1.807, 2.05) is 30.3 Å². The van der Waals surface area contributed by atoms with E-state index < -0.39 is 12.1 Å². The van der Waals surface area contributed by atoms with E-state index in [9.17, 15) is 4.79 Å². The number of carboxylic acid groups (broad SMARTS) is 1. The Labute approximate surface area is 80.4 Å². The molecule has 0 spiro atoms. The number of thioether (sulfide) groups is 1. The summed E-state index contributed by atoms with van der Waals surface area (Å²) in [6.07, 6.45) is -1.29. The lowest BCUT2D eigenvalue weighted by Crippen LogP contribution is -2.21. The maximum absolute atomic E-state index is 10.3. The van der Waals surface area contributed by atoms with E-state index in [-0.39, 0.29) is 5.75 Å². The van der Waals surface area contributed by atoms with Crippen molar-refractivity contribution in [1.82, 2.24) is 0 Å². The first-order valence-electron chi connectivity index (χ1n) is 3.79. The third kappa shape index (κ3) is 3.48. The Morgan fingerprint density at radius 2 is 2.00 bits per heavy atom. The van der Waals surface area contributed by atoms with Gasteiger partial charge in [-0.05, 0) is 12.1 Å². The Morgan fingerprint density at radius 3 is 2.54 bits per heavy atom. The highest BCUT2D eigenvalue weighted by molar-refractivity contribution is 7.99. The molecule has 4 heteroatoms. The van der Waals surface area contributed by atoms with E-state index in [0.29, 0.717) is 0 Å². The van der Waals surface area contributed by atoms with Crippen LogP contribution in [0.2, 0.25) is 0 Å². The molecule has 0 saturated carbocycles. The summed E-state index contributed by atoms with van der Waals surface area (Å²) in [5, 5.41) is 17.4. The highest BCUT2D eigenvalue weighted by atomic mass is 32.2. The van der Waals surface area contributed by atoms with Gasteiger partial charge in [0.2, 0.25) is 0 Å². The molecule has 0 fully saturated rings. The van der Waals surface area contributed by atoms with Crippen molar-refractivity contribution in [3.63, 3.8) is 0 Å². The van der Waals surface area contributed by atoms with E-state index in [0.717, 1.165) is 4.90 Å². The molecule has 0 saturated heterocycles. The van der Waals surface area contributed by atoms with Crippen molar-refractivity contribution in [3.05, 3.63) is 30.3 Å². The summed E-state index contributed by atoms with van der Waals surface area (Å²) >= 11 is 1.33. The Bertz CT molecular complexity index is 273. The molecule has 1 aromatic rings. The second-order valence-electron chi connectivity index (χ2n) is 2.48. The lowest BCUT2D eigenvalue weighted by Gasteiger charge is -2.04. The van der Waals surface area contributed by atoms with Crippen LogP contribution in [0.3, 0.4) is 0 Å². The van der Waals surface area contributed by atoms with Crippen molar-refractivity contribution in [2.24, 2.45) is 0 Å². The minimum absolute atomic E-state index is 0.180. The summed E-state index contributed by atoms with van der Waals surface area (Å²) < 4.78 is 0. The van der Waals surface area contributed by atoms with Crippen LogP contribution in [-0.2, 0) is 4.79 Å². The van der Waals surface area contributed by atoms with Crippen molar-refractivity contribution < 1.29 is 15.0 Å². The molecule has 0 amide bonds. The number of carboxylic acids is 1. The molecule has 0 unspecified atom stereocenters. The Kier molecular flexibility index (Phi) is 3.79. The molecule has 2 N–H and O–H groups in total. The Hall–Kier alpha value is -1.00. The molecule has 70 valence electrons. The van der Waals surface area contributed by atoms with Gasteiger partial charge in [-0.15, -0.1) is 11.8 Å². The first kappa shape index (κ1) is 10.1. The molecular weight excluding hydrogens is 188 g/mol. The van der Waals surface area contributed by atoms with Gasteiger partial charge < -0.3 is 10.2 Å². The van der Waals surface area contributed by atoms with Crippen molar-refractivity contribution in [2.45, 2.75) is 11.0 Å². The van der Waals surface area contributed by atoms with Gasteiger partial charge in [0.25, 0.3) is 0 Å². The molecule has 13 heavy (non-hydrogen) atoms. The molecule has 3 nitrogen and oxygen atoms in total. The average molecular weight is 198 g/mol. The summed E-state index contributed by atoms with van der Waals surface area (Å²) in [6.45, 7) is 0. The van der Waals surface area contributed by atoms with Gasteiger partial charge in [0, 0.05) is 10.6 Å². The van der Waals surface area contributed by atoms with Crippen molar-refractivity contribution in [1.29, 1.82) is 0 Å². The molecule has 1 aromatic carbocycles. The van der Waals surface area contributed by atoms with E-state index in [2.05, 4.69) is 0 Å². The van der Waals surface area contributed by atoms with Gasteiger partial charge in [0.05, 0.1) is 0 Å².